The Morgan fingerprint density at radius 3 is 3.00 bits per heavy atom. The maximum absolute atomic E-state index is 5.59. The zero-order valence-corrected chi connectivity index (χ0v) is 17.4. The van der Waals surface area contributed by atoms with Gasteiger partial charge < -0.3 is 10.2 Å². The SMILES string of the molecule is Cc1cccc(Nc2nn(C[NH+]3CCC[C@@H]3c3cccs3)c(=S)s2)c1C. The standard InChI is InChI=1S/C19H22N4S3/c1-13-6-3-7-15(14(13)2)20-18-21-23(19(24)26-18)12-22-10-4-8-16(22)17-9-5-11-25-17/h3,5-7,9,11,16H,4,8,10,12H2,1-2H3,(H,20,21)/p+1/t16-/m1/s1. The minimum Gasteiger partial charge on any atom is -0.330 e. The summed E-state index contributed by atoms with van der Waals surface area (Å²) in [6.07, 6.45) is 2.52. The van der Waals surface area contributed by atoms with Crippen LogP contribution in [0.5, 0.6) is 0 Å². The molecule has 0 amide bonds. The Labute approximate surface area is 167 Å². The zero-order chi connectivity index (χ0) is 18.1. The van der Waals surface area contributed by atoms with Crippen LogP contribution >= 0.6 is 34.9 Å². The van der Waals surface area contributed by atoms with E-state index in [0.29, 0.717) is 6.04 Å². The van der Waals surface area contributed by atoms with Crippen LogP contribution in [0.1, 0.15) is 34.9 Å². The Morgan fingerprint density at radius 2 is 2.19 bits per heavy atom. The summed E-state index contributed by atoms with van der Waals surface area (Å²) in [7, 11) is 0. The number of nitrogens with zero attached hydrogens (tertiary/aromatic N) is 2. The summed E-state index contributed by atoms with van der Waals surface area (Å²) < 4.78 is 2.83. The third-order valence-corrected chi connectivity index (χ3v) is 7.38. The smallest absolute Gasteiger partial charge is 0.209 e. The third kappa shape index (κ3) is 3.62. The molecule has 2 atom stereocenters. The summed E-state index contributed by atoms with van der Waals surface area (Å²) >= 11 is 9.00. The number of aromatic nitrogens is 2. The van der Waals surface area contributed by atoms with Gasteiger partial charge in [0, 0.05) is 18.5 Å². The van der Waals surface area contributed by atoms with Gasteiger partial charge in [-0.15, -0.1) is 16.4 Å². The van der Waals surface area contributed by atoms with Crippen LogP contribution in [-0.4, -0.2) is 16.3 Å². The molecule has 1 fully saturated rings. The Balaban J connectivity index is 1.52. The molecule has 0 radical (unpaired) electrons. The number of quaternary nitrogens is 1. The number of hydrogen-bond donors (Lipinski definition) is 2. The molecule has 1 aliphatic rings. The normalized spacial score (nSPS) is 19.8. The summed E-state index contributed by atoms with van der Waals surface area (Å²) in [6, 6.07) is 11.3. The predicted molar refractivity (Wildman–Crippen MR) is 112 cm³/mol. The Kier molecular flexibility index (Phi) is 5.22. The van der Waals surface area contributed by atoms with E-state index in [1.54, 1.807) is 16.2 Å². The van der Waals surface area contributed by atoms with E-state index < -0.39 is 0 Å². The molecule has 7 heteroatoms. The van der Waals surface area contributed by atoms with Crippen LogP contribution in [0.2, 0.25) is 0 Å². The van der Waals surface area contributed by atoms with Crippen molar-refractivity contribution in [3.05, 3.63) is 55.7 Å². The van der Waals surface area contributed by atoms with Gasteiger partial charge >= 0.3 is 0 Å². The molecule has 3 heterocycles. The Hall–Kier alpha value is -1.54. The van der Waals surface area contributed by atoms with Gasteiger partial charge in [-0.05, 0) is 54.7 Å². The second kappa shape index (κ2) is 7.60. The number of likely N-dealkylation sites (tertiary alicyclic amines) is 1. The Morgan fingerprint density at radius 1 is 1.31 bits per heavy atom. The van der Waals surface area contributed by atoms with Crippen molar-refractivity contribution in [2.45, 2.75) is 39.4 Å². The van der Waals surface area contributed by atoms with Crippen molar-refractivity contribution in [1.82, 2.24) is 9.78 Å². The van der Waals surface area contributed by atoms with Gasteiger partial charge in [-0.25, -0.2) is 0 Å². The molecule has 0 aliphatic carbocycles. The van der Waals surface area contributed by atoms with Crippen molar-refractivity contribution in [3.8, 4) is 0 Å². The van der Waals surface area contributed by atoms with Crippen LogP contribution in [0.4, 0.5) is 10.8 Å². The average Bonchev–Trinajstić information content (AvgIpc) is 3.34. The number of aryl methyl sites for hydroxylation is 1. The van der Waals surface area contributed by atoms with Gasteiger partial charge in [0.25, 0.3) is 0 Å². The van der Waals surface area contributed by atoms with Gasteiger partial charge in [0.1, 0.15) is 6.04 Å². The highest BCUT2D eigenvalue weighted by atomic mass is 32.1. The monoisotopic (exact) mass is 403 g/mol. The molecule has 0 spiro atoms. The molecule has 2 N–H and O–H groups in total. The topological polar surface area (TPSA) is 34.3 Å². The molecular weight excluding hydrogens is 380 g/mol. The fourth-order valence-electron chi connectivity index (χ4n) is 3.58. The first-order valence-corrected chi connectivity index (χ1v) is 11.0. The van der Waals surface area contributed by atoms with Gasteiger partial charge in [-0.3, -0.25) is 0 Å². The molecule has 1 aliphatic heterocycles. The van der Waals surface area contributed by atoms with Crippen molar-refractivity contribution in [1.29, 1.82) is 0 Å². The summed E-state index contributed by atoms with van der Waals surface area (Å²) in [4.78, 5) is 3.04. The molecule has 4 nitrogen and oxygen atoms in total. The van der Waals surface area contributed by atoms with Crippen LogP contribution in [0.3, 0.4) is 0 Å². The highest BCUT2D eigenvalue weighted by Crippen LogP contribution is 2.26. The number of thiophene rings is 1. The van der Waals surface area contributed by atoms with Crippen LogP contribution < -0.4 is 10.2 Å². The fraction of sp³-hybridized carbons (Fsp3) is 0.368. The minimum absolute atomic E-state index is 0.578. The molecule has 0 saturated carbocycles. The zero-order valence-electron chi connectivity index (χ0n) is 15.0. The summed E-state index contributed by atoms with van der Waals surface area (Å²) in [5.74, 6) is 0. The quantitative estimate of drug-likeness (QED) is 0.617. The maximum atomic E-state index is 5.59. The lowest BCUT2D eigenvalue weighted by Crippen LogP contribution is -3.09. The van der Waals surface area contributed by atoms with Crippen molar-refractivity contribution in [2.24, 2.45) is 0 Å². The summed E-state index contributed by atoms with van der Waals surface area (Å²) in [5, 5.41) is 11.3. The number of benzene rings is 1. The molecular formula is C19H23N4S3+. The molecule has 1 unspecified atom stereocenters. The number of hydrogen-bond acceptors (Lipinski definition) is 5. The van der Waals surface area contributed by atoms with Gasteiger partial charge in [0.05, 0.1) is 11.4 Å². The lowest BCUT2D eigenvalue weighted by molar-refractivity contribution is -0.941. The molecule has 3 aromatic rings. The van der Waals surface area contributed by atoms with E-state index >= 15 is 0 Å². The van der Waals surface area contributed by atoms with Crippen LogP contribution in [-0.2, 0) is 6.67 Å². The second-order valence-electron chi connectivity index (χ2n) is 6.82. The number of nitrogens with one attached hydrogen (secondary N) is 2. The van der Waals surface area contributed by atoms with Crippen molar-refractivity contribution >= 4 is 45.7 Å². The molecule has 26 heavy (non-hydrogen) atoms. The van der Waals surface area contributed by atoms with Gasteiger partial charge in [-0.1, -0.05) is 29.5 Å². The third-order valence-electron chi connectivity index (χ3n) is 5.18. The van der Waals surface area contributed by atoms with Crippen molar-refractivity contribution in [3.63, 3.8) is 0 Å². The highest BCUT2D eigenvalue weighted by Gasteiger charge is 2.31. The van der Waals surface area contributed by atoms with Crippen molar-refractivity contribution in [2.75, 3.05) is 11.9 Å². The first kappa shape index (κ1) is 17.9. The van der Waals surface area contributed by atoms with E-state index in [2.05, 4.69) is 54.9 Å². The van der Waals surface area contributed by atoms with Crippen LogP contribution in [0, 0.1) is 17.8 Å². The fourth-order valence-corrected chi connectivity index (χ4v) is 5.52. The molecule has 2 aromatic heterocycles. The van der Waals surface area contributed by atoms with E-state index in [4.69, 9.17) is 17.3 Å². The van der Waals surface area contributed by atoms with E-state index in [0.717, 1.165) is 21.4 Å². The summed E-state index contributed by atoms with van der Waals surface area (Å²) in [5.41, 5.74) is 3.63. The molecule has 1 saturated heterocycles. The lowest BCUT2D eigenvalue weighted by atomic mass is 10.1. The van der Waals surface area contributed by atoms with E-state index in [9.17, 15) is 0 Å². The average molecular weight is 404 g/mol. The first-order valence-electron chi connectivity index (χ1n) is 8.91. The molecule has 136 valence electrons. The van der Waals surface area contributed by atoms with Crippen LogP contribution in [0.25, 0.3) is 0 Å². The highest BCUT2D eigenvalue weighted by molar-refractivity contribution is 7.73. The minimum atomic E-state index is 0.578. The molecule has 0 bridgehead atoms. The predicted octanol–water partition coefficient (Wildman–Crippen LogP) is 4.47. The van der Waals surface area contributed by atoms with E-state index in [1.165, 1.54) is 35.4 Å². The van der Waals surface area contributed by atoms with E-state index in [-0.39, 0.29) is 0 Å². The van der Waals surface area contributed by atoms with Gasteiger partial charge in [0.15, 0.2) is 10.6 Å². The summed E-state index contributed by atoms with van der Waals surface area (Å²) in [6.45, 7) is 6.28. The molecule has 1 aromatic carbocycles. The van der Waals surface area contributed by atoms with Crippen LogP contribution in [0.15, 0.2) is 35.7 Å². The lowest BCUT2D eigenvalue weighted by Gasteiger charge is -2.20. The van der Waals surface area contributed by atoms with Gasteiger partial charge in [-0.2, -0.15) is 4.68 Å². The maximum Gasteiger partial charge on any atom is 0.209 e. The second-order valence-corrected chi connectivity index (χ2v) is 9.42. The van der Waals surface area contributed by atoms with Crippen molar-refractivity contribution < 1.29 is 4.90 Å². The number of anilines is 2. The molecule has 4 rings (SSSR count). The first-order chi connectivity index (χ1) is 12.6. The largest absolute Gasteiger partial charge is 0.330 e. The number of rotatable bonds is 5. The van der Waals surface area contributed by atoms with E-state index in [1.807, 2.05) is 16.0 Å². The van der Waals surface area contributed by atoms with Gasteiger partial charge in [0.2, 0.25) is 5.13 Å². The Bertz CT molecular complexity index is 942.